The lowest BCUT2D eigenvalue weighted by molar-refractivity contribution is -0.119. The van der Waals surface area contributed by atoms with E-state index in [9.17, 15) is 9.59 Å². The lowest BCUT2D eigenvalue weighted by atomic mass is 10.3. The zero-order valence-corrected chi connectivity index (χ0v) is 14.5. The molecule has 24 heavy (non-hydrogen) atoms. The van der Waals surface area contributed by atoms with Crippen molar-refractivity contribution >= 4 is 40.4 Å². The minimum Gasteiger partial charge on any atom is -0.451 e. The molecule has 3 aromatic heterocycles. The Hall–Kier alpha value is -2.52. The summed E-state index contributed by atoms with van der Waals surface area (Å²) in [5, 5.41) is 10.8. The SMILES string of the molecule is Cc1cc(NC(=O)COC(=O)c2sc(-c3ccsc3)nc2C)no1. The number of hydrogen-bond acceptors (Lipinski definition) is 8. The Kier molecular flexibility index (Phi) is 4.72. The molecule has 3 heterocycles. The lowest BCUT2D eigenvalue weighted by Crippen LogP contribution is -2.21. The van der Waals surface area contributed by atoms with Crippen LogP contribution in [0.3, 0.4) is 0 Å². The number of thiazole rings is 1. The molecule has 124 valence electrons. The number of carbonyl (C=O) groups is 2. The van der Waals surface area contributed by atoms with Crippen LogP contribution in [0.15, 0.2) is 27.4 Å². The monoisotopic (exact) mass is 363 g/mol. The summed E-state index contributed by atoms with van der Waals surface area (Å²) in [5.74, 6) is -0.208. The number of hydrogen-bond donors (Lipinski definition) is 1. The third kappa shape index (κ3) is 3.69. The van der Waals surface area contributed by atoms with E-state index in [2.05, 4.69) is 15.5 Å². The first-order valence-electron chi connectivity index (χ1n) is 6.93. The Balaban J connectivity index is 1.60. The number of thiophene rings is 1. The van der Waals surface area contributed by atoms with Gasteiger partial charge >= 0.3 is 5.97 Å². The van der Waals surface area contributed by atoms with Gasteiger partial charge in [-0.2, -0.15) is 11.3 Å². The number of nitrogens with one attached hydrogen (secondary N) is 1. The van der Waals surface area contributed by atoms with Crippen molar-refractivity contribution < 1.29 is 18.8 Å². The van der Waals surface area contributed by atoms with Gasteiger partial charge in [-0.1, -0.05) is 5.16 Å². The topological polar surface area (TPSA) is 94.3 Å². The number of esters is 1. The standard InChI is InChI=1S/C15H13N3O4S2/c1-8-5-11(18-22-8)17-12(19)6-21-15(20)13-9(2)16-14(24-13)10-3-4-23-7-10/h3-5,7H,6H2,1-2H3,(H,17,18,19). The molecule has 1 N–H and O–H groups in total. The fourth-order valence-electron chi connectivity index (χ4n) is 1.90. The van der Waals surface area contributed by atoms with Crippen LogP contribution >= 0.6 is 22.7 Å². The summed E-state index contributed by atoms with van der Waals surface area (Å²) in [6.45, 7) is 3.04. The fraction of sp³-hybridized carbons (Fsp3) is 0.200. The van der Waals surface area contributed by atoms with Gasteiger partial charge in [-0.05, 0) is 25.3 Å². The van der Waals surface area contributed by atoms with Gasteiger partial charge in [-0.25, -0.2) is 9.78 Å². The number of amides is 1. The molecule has 0 aromatic carbocycles. The minimum absolute atomic E-state index is 0.280. The molecular weight excluding hydrogens is 350 g/mol. The summed E-state index contributed by atoms with van der Waals surface area (Å²) in [5.41, 5.74) is 1.55. The molecule has 0 unspecified atom stereocenters. The Bertz CT molecular complexity index is 867. The van der Waals surface area contributed by atoms with Gasteiger partial charge in [0.25, 0.3) is 5.91 Å². The van der Waals surface area contributed by atoms with Crippen LogP contribution in [0, 0.1) is 13.8 Å². The molecule has 0 saturated heterocycles. The molecular formula is C15H13N3O4S2. The first-order valence-corrected chi connectivity index (χ1v) is 8.69. The van der Waals surface area contributed by atoms with E-state index in [0.717, 1.165) is 10.6 Å². The van der Waals surface area contributed by atoms with Crippen LogP contribution in [0.4, 0.5) is 5.82 Å². The highest BCUT2D eigenvalue weighted by atomic mass is 32.1. The number of ether oxygens (including phenoxy) is 1. The molecule has 7 nitrogen and oxygen atoms in total. The molecule has 0 aliphatic heterocycles. The zero-order chi connectivity index (χ0) is 17.1. The number of carbonyl (C=O) groups excluding carboxylic acids is 2. The smallest absolute Gasteiger partial charge is 0.350 e. The van der Waals surface area contributed by atoms with Gasteiger partial charge in [0.15, 0.2) is 12.4 Å². The quantitative estimate of drug-likeness (QED) is 0.699. The molecule has 0 radical (unpaired) electrons. The van der Waals surface area contributed by atoms with Gasteiger partial charge in [-0.15, -0.1) is 11.3 Å². The molecule has 0 saturated carbocycles. The van der Waals surface area contributed by atoms with Crippen molar-refractivity contribution in [1.29, 1.82) is 0 Å². The van der Waals surface area contributed by atoms with Crippen LogP contribution in [0.2, 0.25) is 0 Å². The molecule has 0 fully saturated rings. The van der Waals surface area contributed by atoms with Gasteiger partial charge in [0, 0.05) is 17.0 Å². The predicted molar refractivity (Wildman–Crippen MR) is 90.3 cm³/mol. The molecule has 3 rings (SSSR count). The Morgan fingerprint density at radius 2 is 2.21 bits per heavy atom. The van der Waals surface area contributed by atoms with Crippen molar-refractivity contribution in [2.75, 3.05) is 11.9 Å². The van der Waals surface area contributed by atoms with Crippen LogP contribution in [-0.4, -0.2) is 28.6 Å². The number of aromatic nitrogens is 2. The predicted octanol–water partition coefficient (Wildman–Crippen LogP) is 3.27. The van der Waals surface area contributed by atoms with E-state index in [0.29, 0.717) is 16.3 Å². The molecule has 0 spiro atoms. The van der Waals surface area contributed by atoms with Crippen LogP contribution < -0.4 is 5.32 Å². The van der Waals surface area contributed by atoms with E-state index in [1.165, 1.54) is 11.3 Å². The van der Waals surface area contributed by atoms with Crippen molar-refractivity contribution in [3.05, 3.63) is 39.2 Å². The van der Waals surface area contributed by atoms with E-state index < -0.39 is 18.5 Å². The van der Waals surface area contributed by atoms with Gasteiger partial charge in [0.2, 0.25) is 0 Å². The maximum Gasteiger partial charge on any atom is 0.350 e. The highest BCUT2D eigenvalue weighted by Crippen LogP contribution is 2.29. The first-order chi connectivity index (χ1) is 11.5. The van der Waals surface area contributed by atoms with Crippen LogP contribution in [0.5, 0.6) is 0 Å². The van der Waals surface area contributed by atoms with Gasteiger partial charge < -0.3 is 14.6 Å². The number of aryl methyl sites for hydroxylation is 2. The number of rotatable bonds is 5. The maximum atomic E-state index is 12.1. The summed E-state index contributed by atoms with van der Waals surface area (Å²) in [4.78, 5) is 28.7. The molecule has 1 amide bonds. The third-order valence-corrected chi connectivity index (χ3v) is 4.85. The second-order valence-electron chi connectivity index (χ2n) is 4.89. The number of anilines is 1. The average molecular weight is 363 g/mol. The van der Waals surface area contributed by atoms with Crippen LogP contribution in [0.1, 0.15) is 21.1 Å². The highest BCUT2D eigenvalue weighted by molar-refractivity contribution is 7.17. The molecule has 3 aromatic rings. The number of nitrogens with zero attached hydrogens (tertiary/aromatic N) is 2. The molecule has 0 bridgehead atoms. The van der Waals surface area contributed by atoms with Crippen molar-refractivity contribution in [1.82, 2.24) is 10.1 Å². The summed E-state index contributed by atoms with van der Waals surface area (Å²) >= 11 is 2.80. The summed E-state index contributed by atoms with van der Waals surface area (Å²) in [6.07, 6.45) is 0. The zero-order valence-electron chi connectivity index (χ0n) is 12.9. The van der Waals surface area contributed by atoms with Crippen LogP contribution in [-0.2, 0) is 9.53 Å². The highest BCUT2D eigenvalue weighted by Gasteiger charge is 2.19. The largest absolute Gasteiger partial charge is 0.451 e. The van der Waals surface area contributed by atoms with Crippen molar-refractivity contribution in [2.45, 2.75) is 13.8 Å². The molecule has 0 aliphatic carbocycles. The van der Waals surface area contributed by atoms with Gasteiger partial charge in [0.05, 0.1) is 5.69 Å². The van der Waals surface area contributed by atoms with E-state index in [-0.39, 0.29) is 5.82 Å². The van der Waals surface area contributed by atoms with Crippen LogP contribution in [0.25, 0.3) is 10.6 Å². The van der Waals surface area contributed by atoms with Crippen molar-refractivity contribution in [2.24, 2.45) is 0 Å². The van der Waals surface area contributed by atoms with Gasteiger partial charge in [-0.3, -0.25) is 4.79 Å². The summed E-state index contributed by atoms with van der Waals surface area (Å²) in [6, 6.07) is 3.51. The van der Waals surface area contributed by atoms with E-state index in [1.807, 2.05) is 16.8 Å². The lowest BCUT2D eigenvalue weighted by Gasteiger charge is -2.03. The summed E-state index contributed by atoms with van der Waals surface area (Å²) in [7, 11) is 0. The van der Waals surface area contributed by atoms with Crippen molar-refractivity contribution in [3.8, 4) is 10.6 Å². The molecule has 9 heteroatoms. The third-order valence-electron chi connectivity index (χ3n) is 2.98. The van der Waals surface area contributed by atoms with E-state index in [1.54, 1.807) is 31.3 Å². The summed E-state index contributed by atoms with van der Waals surface area (Å²) < 4.78 is 9.88. The average Bonchev–Trinajstić information content (AvgIpc) is 3.26. The van der Waals surface area contributed by atoms with E-state index in [4.69, 9.17) is 9.26 Å². The Morgan fingerprint density at radius 3 is 2.88 bits per heavy atom. The Labute approximate surface area is 145 Å². The maximum absolute atomic E-state index is 12.1. The Morgan fingerprint density at radius 1 is 1.38 bits per heavy atom. The second kappa shape index (κ2) is 6.93. The molecule has 0 atom stereocenters. The normalized spacial score (nSPS) is 10.6. The van der Waals surface area contributed by atoms with E-state index >= 15 is 0 Å². The van der Waals surface area contributed by atoms with Gasteiger partial charge in [0.1, 0.15) is 15.6 Å². The first kappa shape index (κ1) is 16.3. The minimum atomic E-state index is -0.571. The fourth-order valence-corrected chi connectivity index (χ4v) is 3.57. The second-order valence-corrected chi connectivity index (χ2v) is 6.67. The molecule has 0 aliphatic rings. The van der Waals surface area contributed by atoms with Crippen molar-refractivity contribution in [3.63, 3.8) is 0 Å².